The zero-order valence-electron chi connectivity index (χ0n) is 18.2. The van der Waals surface area contributed by atoms with Gasteiger partial charge in [0.2, 0.25) is 0 Å². The second kappa shape index (κ2) is 9.11. The Hall–Kier alpha value is -4.38. The summed E-state index contributed by atoms with van der Waals surface area (Å²) in [6.45, 7) is 0.105. The highest BCUT2D eigenvalue weighted by atomic mass is 19.4. The van der Waals surface area contributed by atoms with Crippen LogP contribution in [0.15, 0.2) is 65.6 Å². The zero-order valence-corrected chi connectivity index (χ0v) is 18.2. The number of carbonyl (C=O) groups excluding carboxylic acids is 2. The van der Waals surface area contributed by atoms with Gasteiger partial charge >= 0.3 is 6.18 Å². The van der Waals surface area contributed by atoms with Crippen LogP contribution in [-0.4, -0.2) is 26.6 Å². The third-order valence-corrected chi connectivity index (χ3v) is 5.48. The zero-order chi connectivity index (χ0) is 25.3. The van der Waals surface area contributed by atoms with Crippen LogP contribution in [0.3, 0.4) is 0 Å². The summed E-state index contributed by atoms with van der Waals surface area (Å²) in [5.41, 5.74) is 1.93. The Labute approximate surface area is 196 Å². The summed E-state index contributed by atoms with van der Waals surface area (Å²) in [5, 5.41) is 11.7. The van der Waals surface area contributed by atoms with Crippen molar-refractivity contribution >= 4 is 22.7 Å². The molecule has 0 aliphatic heterocycles. The maximum Gasteiger partial charge on any atom is 0.416 e. The lowest BCUT2D eigenvalue weighted by Gasteiger charge is -2.10. The second-order valence-electron chi connectivity index (χ2n) is 7.83. The number of rotatable bonds is 5. The van der Waals surface area contributed by atoms with E-state index in [0.717, 1.165) is 12.1 Å². The molecule has 4 rings (SSSR count). The molecule has 0 unspecified atom stereocenters. The maximum absolute atomic E-state index is 13.2. The first kappa shape index (κ1) is 23.8. The van der Waals surface area contributed by atoms with E-state index in [2.05, 4.69) is 10.3 Å². The van der Waals surface area contributed by atoms with Crippen molar-refractivity contribution in [1.29, 1.82) is 0 Å². The Balaban J connectivity index is 1.64. The molecule has 11 heteroatoms. The highest BCUT2D eigenvalue weighted by Gasteiger charge is 2.30. The molecular weight excluding hydrogens is 465 g/mol. The lowest BCUT2D eigenvalue weighted by atomic mass is 10.0. The number of halogens is 3. The van der Waals surface area contributed by atoms with Crippen molar-refractivity contribution in [2.75, 3.05) is 0 Å². The summed E-state index contributed by atoms with van der Waals surface area (Å²) >= 11 is 0. The SMILES string of the molecule is Cn1cc(-c2cccc(C(F)(F)F)c2)c2cc(C(=O)NCc3ccc(C(=O)NO)cc3)[nH]c2c1=O. The molecular formula is C24H19F3N4O4. The van der Waals surface area contributed by atoms with E-state index in [1.54, 1.807) is 12.1 Å². The molecule has 0 aliphatic carbocycles. The number of hydrogen-bond acceptors (Lipinski definition) is 4. The number of benzene rings is 2. The third-order valence-electron chi connectivity index (χ3n) is 5.48. The number of hydroxylamine groups is 1. The minimum atomic E-state index is -4.53. The molecule has 0 aliphatic rings. The number of carbonyl (C=O) groups is 2. The Morgan fingerprint density at radius 3 is 2.43 bits per heavy atom. The van der Waals surface area contributed by atoms with Crippen LogP contribution < -0.4 is 16.4 Å². The maximum atomic E-state index is 13.2. The third kappa shape index (κ3) is 4.80. The number of nitrogens with zero attached hydrogens (tertiary/aromatic N) is 1. The number of hydrogen-bond donors (Lipinski definition) is 4. The fourth-order valence-corrected chi connectivity index (χ4v) is 3.67. The van der Waals surface area contributed by atoms with E-state index in [4.69, 9.17) is 5.21 Å². The van der Waals surface area contributed by atoms with Crippen LogP contribution in [0.25, 0.3) is 22.0 Å². The van der Waals surface area contributed by atoms with Crippen molar-refractivity contribution in [3.05, 3.63) is 93.5 Å². The van der Waals surface area contributed by atoms with E-state index >= 15 is 0 Å². The second-order valence-corrected chi connectivity index (χ2v) is 7.83. The Kier molecular flexibility index (Phi) is 6.18. The minimum Gasteiger partial charge on any atom is -0.347 e. The molecule has 4 aromatic rings. The molecule has 0 bridgehead atoms. The highest BCUT2D eigenvalue weighted by Crippen LogP contribution is 2.34. The number of pyridine rings is 1. The number of aromatic amines is 1. The van der Waals surface area contributed by atoms with Crippen molar-refractivity contribution in [3.8, 4) is 11.1 Å². The van der Waals surface area contributed by atoms with Gasteiger partial charge in [0, 0.05) is 36.3 Å². The molecule has 2 amide bonds. The van der Waals surface area contributed by atoms with E-state index in [1.807, 2.05) is 0 Å². The fraction of sp³-hybridized carbons (Fsp3) is 0.125. The first-order valence-corrected chi connectivity index (χ1v) is 10.3. The first-order chi connectivity index (χ1) is 16.6. The van der Waals surface area contributed by atoms with Crippen molar-refractivity contribution in [1.82, 2.24) is 20.3 Å². The van der Waals surface area contributed by atoms with Gasteiger partial charge in [0.05, 0.1) is 5.56 Å². The van der Waals surface area contributed by atoms with Gasteiger partial charge in [-0.15, -0.1) is 0 Å². The van der Waals surface area contributed by atoms with Gasteiger partial charge in [-0.05, 0) is 41.5 Å². The number of aromatic nitrogens is 2. The van der Waals surface area contributed by atoms with Gasteiger partial charge in [-0.25, -0.2) is 5.48 Å². The van der Waals surface area contributed by atoms with E-state index in [9.17, 15) is 27.6 Å². The fourth-order valence-electron chi connectivity index (χ4n) is 3.67. The minimum absolute atomic E-state index is 0.0628. The van der Waals surface area contributed by atoms with Crippen LogP contribution in [0.5, 0.6) is 0 Å². The number of fused-ring (bicyclic) bond motifs is 1. The molecule has 8 nitrogen and oxygen atoms in total. The molecule has 0 fully saturated rings. The Bertz CT molecular complexity index is 1490. The van der Waals surface area contributed by atoms with Gasteiger partial charge in [0.15, 0.2) is 0 Å². The summed E-state index contributed by atoms with van der Waals surface area (Å²) in [4.78, 5) is 39.5. The average molecular weight is 484 g/mol. The predicted octanol–water partition coefficient (Wildman–Crippen LogP) is 3.60. The van der Waals surface area contributed by atoms with Gasteiger partial charge in [0.25, 0.3) is 17.4 Å². The van der Waals surface area contributed by atoms with Gasteiger partial charge < -0.3 is 14.9 Å². The molecule has 180 valence electrons. The molecule has 0 saturated heterocycles. The normalized spacial score (nSPS) is 11.5. The number of alkyl halides is 3. The molecule has 2 heterocycles. The highest BCUT2D eigenvalue weighted by molar-refractivity contribution is 6.02. The van der Waals surface area contributed by atoms with Crippen LogP contribution >= 0.6 is 0 Å². The van der Waals surface area contributed by atoms with Crippen LogP contribution in [0.2, 0.25) is 0 Å². The molecule has 2 aromatic carbocycles. The number of amides is 2. The quantitative estimate of drug-likeness (QED) is 0.256. The summed E-state index contributed by atoms with van der Waals surface area (Å²) in [7, 11) is 1.47. The lowest BCUT2D eigenvalue weighted by Crippen LogP contribution is -2.23. The van der Waals surface area contributed by atoms with Gasteiger partial charge in [-0.1, -0.05) is 24.3 Å². The number of H-pyrrole nitrogens is 1. The molecule has 0 saturated carbocycles. The number of nitrogens with one attached hydrogen (secondary N) is 3. The Morgan fingerprint density at radius 1 is 1.06 bits per heavy atom. The first-order valence-electron chi connectivity index (χ1n) is 10.3. The van der Waals surface area contributed by atoms with Crippen molar-refractivity contribution in [3.63, 3.8) is 0 Å². The molecule has 0 spiro atoms. The smallest absolute Gasteiger partial charge is 0.347 e. The van der Waals surface area contributed by atoms with Crippen molar-refractivity contribution < 1.29 is 28.0 Å². The average Bonchev–Trinajstić information content (AvgIpc) is 3.30. The van der Waals surface area contributed by atoms with Gasteiger partial charge in [-0.2, -0.15) is 13.2 Å². The number of aryl methyl sites for hydroxylation is 1. The van der Waals surface area contributed by atoms with Crippen molar-refractivity contribution in [2.45, 2.75) is 12.7 Å². The van der Waals surface area contributed by atoms with Crippen molar-refractivity contribution in [2.24, 2.45) is 7.05 Å². The largest absolute Gasteiger partial charge is 0.416 e. The van der Waals surface area contributed by atoms with Crippen LogP contribution in [0.1, 0.15) is 32.0 Å². The Morgan fingerprint density at radius 2 is 1.77 bits per heavy atom. The van der Waals surface area contributed by atoms with E-state index < -0.39 is 29.1 Å². The molecule has 35 heavy (non-hydrogen) atoms. The topological polar surface area (TPSA) is 116 Å². The standard InChI is InChI=1S/C24H19F3N4O4/c1-31-12-18(15-3-2-4-16(9-15)24(25,26)27)17-10-19(29-20(17)23(31)34)22(33)28-11-13-5-7-14(8-6-13)21(32)30-35/h2-10,12,29,35H,11H2,1H3,(H,28,33)(H,30,32). The summed E-state index contributed by atoms with van der Waals surface area (Å²) in [6, 6.07) is 12.3. The van der Waals surface area contributed by atoms with Crippen LogP contribution in [0.4, 0.5) is 13.2 Å². The summed E-state index contributed by atoms with van der Waals surface area (Å²) in [5.74, 6) is -1.20. The van der Waals surface area contributed by atoms with Gasteiger partial charge in [0.1, 0.15) is 11.2 Å². The summed E-state index contributed by atoms with van der Waals surface area (Å²) in [6.07, 6.45) is -3.10. The molecule has 0 atom stereocenters. The summed E-state index contributed by atoms with van der Waals surface area (Å²) < 4.78 is 40.9. The van der Waals surface area contributed by atoms with Crippen LogP contribution in [0, 0.1) is 0 Å². The van der Waals surface area contributed by atoms with E-state index in [1.165, 1.54) is 53.6 Å². The molecule has 4 N–H and O–H groups in total. The van der Waals surface area contributed by atoms with Gasteiger partial charge in [-0.3, -0.25) is 19.6 Å². The molecule has 2 aromatic heterocycles. The predicted molar refractivity (Wildman–Crippen MR) is 121 cm³/mol. The van der Waals surface area contributed by atoms with E-state index in [0.29, 0.717) is 16.5 Å². The lowest BCUT2D eigenvalue weighted by molar-refractivity contribution is -0.137. The van der Waals surface area contributed by atoms with E-state index in [-0.39, 0.29) is 28.9 Å². The van der Waals surface area contributed by atoms with Crippen LogP contribution in [-0.2, 0) is 19.8 Å². The molecule has 0 radical (unpaired) electrons. The monoisotopic (exact) mass is 484 g/mol.